The van der Waals surface area contributed by atoms with Crippen molar-refractivity contribution < 1.29 is 30.6 Å². The summed E-state index contributed by atoms with van der Waals surface area (Å²) in [4.78, 5) is 0. The van der Waals surface area contributed by atoms with Crippen molar-refractivity contribution in [3.8, 4) is 0 Å². The molecule has 0 aromatic heterocycles. The summed E-state index contributed by atoms with van der Waals surface area (Å²) in [6, 6.07) is 0. The summed E-state index contributed by atoms with van der Waals surface area (Å²) in [7, 11) is 0. The molecule has 0 heterocycles. The van der Waals surface area contributed by atoms with Crippen LogP contribution in [0.4, 0.5) is 0 Å². The van der Waals surface area contributed by atoms with Gasteiger partial charge < -0.3 is 30.6 Å². The summed E-state index contributed by atoms with van der Waals surface area (Å²) >= 11 is 0. The van der Waals surface area contributed by atoms with Crippen LogP contribution in [0.5, 0.6) is 0 Å². The lowest BCUT2D eigenvalue weighted by Crippen LogP contribution is -2.60. The molecule has 10 atom stereocenters. The molecule has 6 N–H and O–H groups in total. The van der Waals surface area contributed by atoms with E-state index in [0.717, 1.165) is 0 Å². The Morgan fingerprint density at radius 2 is 1.42 bits per heavy atom. The van der Waals surface area contributed by atoms with Crippen LogP contribution >= 0.6 is 0 Å². The van der Waals surface area contributed by atoms with E-state index in [1.807, 2.05) is 0 Å². The van der Waals surface area contributed by atoms with Crippen molar-refractivity contribution in [3.05, 3.63) is 0 Å². The van der Waals surface area contributed by atoms with E-state index in [1.54, 1.807) is 27.7 Å². The monoisotopic (exact) mass is 370 g/mol. The van der Waals surface area contributed by atoms with Gasteiger partial charge in [0, 0.05) is 22.7 Å². The van der Waals surface area contributed by atoms with Crippen LogP contribution in [0.3, 0.4) is 0 Å². The van der Waals surface area contributed by atoms with Crippen LogP contribution in [0.25, 0.3) is 0 Å². The van der Waals surface area contributed by atoms with Gasteiger partial charge in [-0.1, -0.05) is 13.8 Å². The summed E-state index contributed by atoms with van der Waals surface area (Å²) in [6.45, 7) is 6.87. The molecule has 4 saturated carbocycles. The van der Waals surface area contributed by atoms with Gasteiger partial charge in [-0.3, -0.25) is 0 Å². The zero-order chi connectivity index (χ0) is 19.5. The second-order valence-corrected chi connectivity index (χ2v) is 10.7. The highest BCUT2D eigenvalue weighted by Crippen LogP contribution is 2.69. The van der Waals surface area contributed by atoms with E-state index >= 15 is 0 Å². The molecule has 0 unspecified atom stereocenters. The molecule has 0 aromatic carbocycles. The Labute approximate surface area is 154 Å². The zero-order valence-corrected chi connectivity index (χ0v) is 16.2. The average molecular weight is 370 g/mol. The Bertz CT molecular complexity index is 615. The van der Waals surface area contributed by atoms with Gasteiger partial charge in [0.1, 0.15) is 5.60 Å². The topological polar surface area (TPSA) is 121 Å². The molecule has 26 heavy (non-hydrogen) atoms. The van der Waals surface area contributed by atoms with Gasteiger partial charge in [0.25, 0.3) is 0 Å². The largest absolute Gasteiger partial charge is 0.392 e. The Hall–Kier alpha value is -0.240. The van der Waals surface area contributed by atoms with Crippen molar-refractivity contribution in [2.75, 3.05) is 0 Å². The van der Waals surface area contributed by atoms with Gasteiger partial charge in [0.15, 0.2) is 0 Å². The second kappa shape index (κ2) is 5.02. The van der Waals surface area contributed by atoms with Gasteiger partial charge in [-0.25, -0.2) is 0 Å². The average Bonchev–Trinajstić information content (AvgIpc) is 2.72. The Balaban J connectivity index is 1.89. The molecule has 1 spiro atoms. The van der Waals surface area contributed by atoms with Crippen molar-refractivity contribution in [2.24, 2.45) is 28.6 Å². The first-order valence-electron chi connectivity index (χ1n) is 9.94. The molecule has 4 fully saturated rings. The molecule has 150 valence electrons. The van der Waals surface area contributed by atoms with Gasteiger partial charge >= 0.3 is 0 Å². The minimum absolute atomic E-state index is 0.116. The maximum absolute atomic E-state index is 11.7. The van der Waals surface area contributed by atoms with Gasteiger partial charge in [-0.05, 0) is 51.9 Å². The van der Waals surface area contributed by atoms with Gasteiger partial charge in [-0.2, -0.15) is 0 Å². The van der Waals surface area contributed by atoms with Crippen LogP contribution < -0.4 is 0 Å². The van der Waals surface area contributed by atoms with Crippen molar-refractivity contribution in [2.45, 2.75) is 94.9 Å². The third kappa shape index (κ3) is 1.89. The number of hydrogen-bond acceptors (Lipinski definition) is 6. The zero-order valence-electron chi connectivity index (χ0n) is 16.2. The van der Waals surface area contributed by atoms with E-state index in [-0.39, 0.29) is 24.7 Å². The Kier molecular flexibility index (Phi) is 3.69. The van der Waals surface area contributed by atoms with Crippen LogP contribution in [0.2, 0.25) is 0 Å². The highest BCUT2D eigenvalue weighted by molar-refractivity contribution is 5.25. The highest BCUT2D eigenvalue weighted by Gasteiger charge is 2.76. The SMILES string of the molecule is CC1(C)[C@H](O)C[C@H]2[C@](C)(O)[C@H]3CC[C@H]4[C@@H](O)[C@]3(C[C@H](O)[C@]21O)C[C@]4(C)O. The van der Waals surface area contributed by atoms with Gasteiger partial charge in [-0.15, -0.1) is 0 Å². The molecule has 0 saturated heterocycles. The maximum Gasteiger partial charge on any atom is 0.104 e. The predicted octanol–water partition coefficient (Wildman–Crippen LogP) is 0.168. The molecule has 2 bridgehead atoms. The maximum atomic E-state index is 11.7. The predicted molar refractivity (Wildman–Crippen MR) is 94.0 cm³/mol. The lowest BCUT2D eigenvalue weighted by atomic mass is 9.57. The highest BCUT2D eigenvalue weighted by atomic mass is 16.4. The normalized spacial score (nSPS) is 63.9. The standard InChI is InChI=1S/C20H34O6/c1-16(2)13(21)7-12-18(4,25)11-6-5-10-15(23)19(11,9-17(10,3)24)8-14(22)20(12,16)26/h10-15,21-26H,5-9H2,1-4H3/t10-,11+,12-,13+,14-,15+,17-,18+,19+,20+/m0/s1. The number of aliphatic hydroxyl groups excluding tert-OH is 3. The second-order valence-electron chi connectivity index (χ2n) is 10.7. The van der Waals surface area contributed by atoms with Crippen LogP contribution in [-0.2, 0) is 0 Å². The minimum Gasteiger partial charge on any atom is -0.392 e. The van der Waals surface area contributed by atoms with Crippen molar-refractivity contribution in [1.82, 2.24) is 0 Å². The van der Waals surface area contributed by atoms with E-state index in [4.69, 9.17) is 0 Å². The van der Waals surface area contributed by atoms with Gasteiger partial charge in [0.05, 0.1) is 29.5 Å². The van der Waals surface area contributed by atoms with Crippen LogP contribution in [0, 0.1) is 28.6 Å². The first-order chi connectivity index (χ1) is 11.7. The van der Waals surface area contributed by atoms with E-state index in [9.17, 15) is 30.6 Å². The first kappa shape index (κ1) is 19.1. The van der Waals surface area contributed by atoms with E-state index < -0.39 is 51.9 Å². The van der Waals surface area contributed by atoms with Gasteiger partial charge in [0.2, 0.25) is 0 Å². The molecule has 0 aliphatic heterocycles. The summed E-state index contributed by atoms with van der Waals surface area (Å²) in [6.07, 6.45) is -1.01. The molecule has 4 aliphatic carbocycles. The lowest BCUT2D eigenvalue weighted by Gasteiger charge is -2.51. The fourth-order valence-corrected chi connectivity index (χ4v) is 7.80. The van der Waals surface area contributed by atoms with E-state index in [2.05, 4.69) is 0 Å². The lowest BCUT2D eigenvalue weighted by molar-refractivity contribution is -0.201. The number of fused-ring (bicyclic) bond motifs is 2. The molecule has 6 heteroatoms. The van der Waals surface area contributed by atoms with Crippen LogP contribution in [0.1, 0.15) is 59.8 Å². The molecule has 6 nitrogen and oxygen atoms in total. The number of hydrogen-bond donors (Lipinski definition) is 6. The quantitative estimate of drug-likeness (QED) is 0.361. The van der Waals surface area contributed by atoms with Crippen molar-refractivity contribution >= 4 is 0 Å². The fourth-order valence-electron chi connectivity index (χ4n) is 7.80. The molecular formula is C20H34O6. The molecule has 4 aliphatic rings. The molecule has 0 radical (unpaired) electrons. The number of aliphatic hydroxyl groups is 6. The molecule has 0 aromatic rings. The number of rotatable bonds is 0. The van der Waals surface area contributed by atoms with Crippen LogP contribution in [-0.4, -0.2) is 65.8 Å². The summed E-state index contributed by atoms with van der Waals surface area (Å²) in [5, 5.41) is 67.1. The molecular weight excluding hydrogens is 336 g/mol. The third-order valence-corrected chi connectivity index (χ3v) is 9.26. The van der Waals surface area contributed by atoms with Crippen molar-refractivity contribution in [1.29, 1.82) is 0 Å². The molecule has 0 amide bonds. The minimum atomic E-state index is -1.66. The van der Waals surface area contributed by atoms with E-state index in [1.165, 1.54) is 0 Å². The fraction of sp³-hybridized carbons (Fsp3) is 1.00. The Morgan fingerprint density at radius 1 is 0.808 bits per heavy atom. The smallest absolute Gasteiger partial charge is 0.104 e. The van der Waals surface area contributed by atoms with Crippen molar-refractivity contribution in [3.63, 3.8) is 0 Å². The summed E-state index contributed by atoms with van der Waals surface area (Å²) < 4.78 is 0. The van der Waals surface area contributed by atoms with Crippen LogP contribution in [0.15, 0.2) is 0 Å². The molecule has 4 rings (SSSR count). The third-order valence-electron chi connectivity index (χ3n) is 9.26. The first-order valence-corrected chi connectivity index (χ1v) is 9.94. The summed E-state index contributed by atoms with van der Waals surface area (Å²) in [5.74, 6) is -1.34. The summed E-state index contributed by atoms with van der Waals surface area (Å²) in [5.41, 5.74) is -5.91. The van der Waals surface area contributed by atoms with E-state index in [0.29, 0.717) is 19.3 Å². The Morgan fingerprint density at radius 3 is 2.04 bits per heavy atom.